The molecule has 10 nitrogen and oxygen atoms in total. The Morgan fingerprint density at radius 1 is 1.27 bits per heavy atom. The van der Waals surface area contributed by atoms with Gasteiger partial charge in [0.2, 0.25) is 5.91 Å². The minimum absolute atomic E-state index is 0.00580. The molecule has 1 aromatic carbocycles. The molecule has 4 atom stereocenters. The molecule has 2 N–H and O–H groups in total. The zero-order valence-electron chi connectivity index (χ0n) is 20.5. The van der Waals surface area contributed by atoms with Crippen molar-refractivity contribution in [2.45, 2.75) is 56.5 Å². The van der Waals surface area contributed by atoms with Gasteiger partial charge in [0.1, 0.15) is 12.6 Å². The molecule has 3 heterocycles. The summed E-state index contributed by atoms with van der Waals surface area (Å²) >= 11 is 12.0. The summed E-state index contributed by atoms with van der Waals surface area (Å²) in [6, 6.07) is 2.72. The lowest BCUT2D eigenvalue weighted by atomic mass is 9.90. The number of rotatable bonds is 3. The summed E-state index contributed by atoms with van der Waals surface area (Å²) in [4.78, 5) is 48.5. The Morgan fingerprint density at radius 3 is 2.68 bits per heavy atom. The highest BCUT2D eigenvalue weighted by molar-refractivity contribution is 6.42. The van der Waals surface area contributed by atoms with Crippen molar-refractivity contribution in [2.24, 2.45) is 5.41 Å². The Labute approximate surface area is 225 Å². The topological polar surface area (TPSA) is 107 Å². The minimum atomic E-state index is -1.33. The van der Waals surface area contributed by atoms with Crippen LogP contribution in [-0.2, 0) is 14.3 Å². The Balaban J connectivity index is 1.31. The molecular weight excluding hydrogens is 521 g/mol. The lowest BCUT2D eigenvalue weighted by molar-refractivity contribution is -0.172. The van der Waals surface area contributed by atoms with Crippen LogP contribution >= 0.6 is 23.2 Å². The molecule has 1 aliphatic carbocycles. The SMILES string of the molecule is C#[N+][C@@]12COC[C@H](CC(=O)N3CCC4(CC4)[C@H](O)C3)N1C(=O)[C@H](C)N(C(=O)Nc1ccc(Cl)c(Cl)c1)C2. The highest BCUT2D eigenvalue weighted by Crippen LogP contribution is 2.53. The Kier molecular flexibility index (Phi) is 6.77. The average molecular weight is 551 g/mol. The van der Waals surface area contributed by atoms with Gasteiger partial charge in [-0.25, -0.2) is 4.79 Å². The summed E-state index contributed by atoms with van der Waals surface area (Å²) in [6.07, 6.45) is 2.28. The number of fused-ring (bicyclic) bond motifs is 1. The number of aliphatic hydroxyl groups is 1. The molecule has 1 spiro atoms. The van der Waals surface area contributed by atoms with Gasteiger partial charge in [-0.05, 0) is 49.8 Å². The van der Waals surface area contributed by atoms with Crippen LogP contribution in [0.3, 0.4) is 0 Å². The molecular formula is C25H30Cl2N5O5+. The maximum Gasteiger partial charge on any atom is 0.398 e. The number of carbonyl (C=O) groups is 3. The number of amides is 4. The highest BCUT2D eigenvalue weighted by Gasteiger charge is 2.63. The number of morpholine rings is 1. The first-order chi connectivity index (χ1) is 17.6. The molecule has 198 valence electrons. The number of β-amino-alcohol motifs (C(OH)–C–C–N with tert-alkyl or cyclic N) is 1. The van der Waals surface area contributed by atoms with E-state index >= 15 is 0 Å². The number of likely N-dealkylation sites (tertiary alicyclic amines) is 1. The molecule has 1 saturated carbocycles. The number of hydrogen-bond donors (Lipinski definition) is 2. The number of ether oxygens (including phenoxy) is 1. The second-order valence-corrected chi connectivity index (χ2v) is 11.3. The van der Waals surface area contributed by atoms with Gasteiger partial charge in [-0.3, -0.25) is 14.5 Å². The van der Waals surface area contributed by atoms with E-state index in [1.165, 1.54) is 15.9 Å². The third-order valence-electron chi connectivity index (χ3n) is 8.25. The van der Waals surface area contributed by atoms with E-state index in [9.17, 15) is 19.5 Å². The summed E-state index contributed by atoms with van der Waals surface area (Å²) in [6.45, 7) is 8.47. The number of aliphatic hydroxyl groups excluding tert-OH is 1. The minimum Gasteiger partial charge on any atom is -0.391 e. The van der Waals surface area contributed by atoms with Crippen LogP contribution < -0.4 is 5.32 Å². The zero-order chi connectivity index (χ0) is 26.5. The van der Waals surface area contributed by atoms with Gasteiger partial charge in [0.25, 0.3) is 12.5 Å². The molecule has 37 heavy (non-hydrogen) atoms. The Bertz CT molecular complexity index is 1170. The lowest BCUT2D eigenvalue weighted by Crippen LogP contribution is -2.74. The number of piperidine rings is 1. The first kappa shape index (κ1) is 26.0. The number of piperazine rings is 1. The Hall–Kier alpha value is -2.58. The smallest absolute Gasteiger partial charge is 0.391 e. The predicted molar refractivity (Wildman–Crippen MR) is 138 cm³/mol. The second kappa shape index (κ2) is 9.62. The van der Waals surface area contributed by atoms with Gasteiger partial charge >= 0.3 is 11.7 Å². The molecule has 3 aliphatic heterocycles. The third kappa shape index (κ3) is 4.63. The Morgan fingerprint density at radius 2 is 2.03 bits per heavy atom. The average Bonchev–Trinajstić information content (AvgIpc) is 3.66. The van der Waals surface area contributed by atoms with E-state index in [1.807, 2.05) is 0 Å². The van der Waals surface area contributed by atoms with Crippen LogP contribution in [0.15, 0.2) is 18.2 Å². The number of anilines is 1. The van der Waals surface area contributed by atoms with Crippen LogP contribution in [0, 0.1) is 12.0 Å². The lowest BCUT2D eigenvalue weighted by Gasteiger charge is -2.49. The van der Waals surface area contributed by atoms with Gasteiger partial charge in [0, 0.05) is 25.2 Å². The number of hydrogen-bond acceptors (Lipinski definition) is 5. The van der Waals surface area contributed by atoms with Gasteiger partial charge in [0.15, 0.2) is 6.61 Å². The highest BCUT2D eigenvalue weighted by atomic mass is 35.5. The van der Waals surface area contributed by atoms with Gasteiger partial charge in [-0.2, -0.15) is 0 Å². The first-order valence-electron chi connectivity index (χ1n) is 12.4. The molecule has 5 rings (SSSR count). The maximum atomic E-state index is 13.6. The van der Waals surface area contributed by atoms with Crippen molar-refractivity contribution >= 4 is 46.7 Å². The molecule has 4 aliphatic rings. The van der Waals surface area contributed by atoms with Crippen molar-refractivity contribution in [2.75, 3.05) is 38.2 Å². The van der Waals surface area contributed by atoms with Gasteiger partial charge in [0.05, 0.1) is 28.8 Å². The molecule has 0 radical (unpaired) electrons. The maximum absolute atomic E-state index is 13.6. The molecule has 4 fully saturated rings. The van der Waals surface area contributed by atoms with E-state index in [2.05, 4.69) is 10.2 Å². The van der Waals surface area contributed by atoms with Gasteiger partial charge < -0.3 is 25.0 Å². The zero-order valence-corrected chi connectivity index (χ0v) is 22.0. The summed E-state index contributed by atoms with van der Waals surface area (Å²) in [5.41, 5.74) is -0.931. The van der Waals surface area contributed by atoms with Crippen molar-refractivity contribution < 1.29 is 24.2 Å². The number of nitrogens with one attached hydrogen (secondary N) is 1. The molecule has 3 saturated heterocycles. The first-order valence-corrected chi connectivity index (χ1v) is 13.2. The largest absolute Gasteiger partial charge is 0.398 e. The van der Waals surface area contributed by atoms with E-state index in [1.54, 1.807) is 24.0 Å². The standard InChI is InChI=1S/C25H29Cl2N5O5/c1-15-22(35)32-17(10-21(34)30-8-7-24(5-6-24)20(33)11-30)12-37-14-25(32,28-2)13-31(15)23(36)29-16-3-4-18(26)19(27)9-16/h2-4,9,15,17,20,33H,5-8,10-14H2,1H3/p+1/t15-,17-,20+,25+/m0/s1. The molecule has 1 aromatic rings. The fraction of sp³-hybridized carbons (Fsp3) is 0.600. The molecule has 0 bridgehead atoms. The van der Waals surface area contributed by atoms with Crippen LogP contribution in [0.1, 0.15) is 32.6 Å². The van der Waals surface area contributed by atoms with Gasteiger partial charge in [-0.15, -0.1) is 0 Å². The number of halogens is 2. The quantitative estimate of drug-likeness (QED) is 0.601. The van der Waals surface area contributed by atoms with Crippen molar-refractivity contribution in [3.8, 4) is 6.57 Å². The summed E-state index contributed by atoms with van der Waals surface area (Å²) in [7, 11) is 0. The monoisotopic (exact) mass is 550 g/mol. The van der Waals surface area contributed by atoms with E-state index < -0.39 is 29.9 Å². The van der Waals surface area contributed by atoms with Crippen LogP contribution in [0.25, 0.3) is 4.85 Å². The van der Waals surface area contributed by atoms with Crippen LogP contribution in [0.2, 0.25) is 10.0 Å². The number of carbonyl (C=O) groups excluding carboxylic acids is 3. The van der Waals surface area contributed by atoms with Crippen LogP contribution in [0.4, 0.5) is 10.5 Å². The van der Waals surface area contributed by atoms with Crippen LogP contribution in [0.5, 0.6) is 0 Å². The van der Waals surface area contributed by atoms with E-state index in [0.29, 0.717) is 23.8 Å². The van der Waals surface area contributed by atoms with Gasteiger partial charge in [-0.1, -0.05) is 28.0 Å². The van der Waals surface area contributed by atoms with Crippen molar-refractivity contribution in [1.29, 1.82) is 0 Å². The summed E-state index contributed by atoms with van der Waals surface area (Å²) < 4.78 is 5.78. The predicted octanol–water partition coefficient (Wildman–Crippen LogP) is 2.88. The summed E-state index contributed by atoms with van der Waals surface area (Å²) in [5.74, 6) is -0.530. The third-order valence-corrected chi connectivity index (χ3v) is 8.99. The van der Waals surface area contributed by atoms with E-state index in [0.717, 1.165) is 19.3 Å². The van der Waals surface area contributed by atoms with E-state index in [4.69, 9.17) is 34.5 Å². The fourth-order valence-corrected chi connectivity index (χ4v) is 6.02. The fourth-order valence-electron chi connectivity index (χ4n) is 5.72. The normalized spacial score (nSPS) is 30.5. The molecule has 12 heteroatoms. The number of benzene rings is 1. The molecule has 0 unspecified atom stereocenters. The van der Waals surface area contributed by atoms with Crippen molar-refractivity contribution in [3.05, 3.63) is 33.1 Å². The van der Waals surface area contributed by atoms with Crippen LogP contribution in [-0.4, -0.2) is 94.4 Å². The number of nitrogens with zero attached hydrogens (tertiary/aromatic N) is 4. The van der Waals surface area contributed by atoms with E-state index in [-0.39, 0.29) is 48.4 Å². The molecule has 4 amide bonds. The number of urea groups is 1. The summed E-state index contributed by atoms with van der Waals surface area (Å²) in [5, 5.41) is 13.9. The molecule has 0 aromatic heterocycles. The van der Waals surface area contributed by atoms with Crippen molar-refractivity contribution in [1.82, 2.24) is 14.7 Å². The second-order valence-electron chi connectivity index (χ2n) is 10.5. The van der Waals surface area contributed by atoms with Crippen molar-refractivity contribution in [3.63, 3.8) is 0 Å².